The molecule has 0 heterocycles. The molecule has 2 amide bonds. The highest BCUT2D eigenvalue weighted by molar-refractivity contribution is 6.30. The molecule has 0 aromatic heterocycles. The molecule has 1 rings (SSSR count). The summed E-state index contributed by atoms with van der Waals surface area (Å²) < 4.78 is 0. The summed E-state index contributed by atoms with van der Waals surface area (Å²) in [5, 5.41) is 14.6. The lowest BCUT2D eigenvalue weighted by atomic mass is 10.0. The fourth-order valence-electron chi connectivity index (χ4n) is 2.00. The lowest BCUT2D eigenvalue weighted by Crippen LogP contribution is -2.44. The number of carboxylic acid groups (broad SMARTS) is 1. The molecular weight excluding hydrogens is 332 g/mol. The summed E-state index contributed by atoms with van der Waals surface area (Å²) in [6, 6.07) is 5.63. The SMILES string of the molecule is CC(=O)N/C(=C/c1ccc(Cl)cc1)C(=O)N[C@@H](CC(C)C)C(=O)O. The van der Waals surface area contributed by atoms with Crippen LogP contribution in [0.15, 0.2) is 30.0 Å². The number of carboxylic acids is 1. The Morgan fingerprint density at radius 3 is 2.25 bits per heavy atom. The number of hydrogen-bond donors (Lipinski definition) is 3. The number of hydrogen-bond acceptors (Lipinski definition) is 3. The quantitative estimate of drug-likeness (QED) is 0.657. The van der Waals surface area contributed by atoms with E-state index in [2.05, 4.69) is 10.6 Å². The highest BCUT2D eigenvalue weighted by Gasteiger charge is 2.23. The number of amides is 2. The van der Waals surface area contributed by atoms with Crippen LogP contribution >= 0.6 is 11.6 Å². The van der Waals surface area contributed by atoms with Gasteiger partial charge in [-0.25, -0.2) is 4.79 Å². The van der Waals surface area contributed by atoms with E-state index in [4.69, 9.17) is 11.6 Å². The van der Waals surface area contributed by atoms with Gasteiger partial charge in [0.05, 0.1) is 0 Å². The van der Waals surface area contributed by atoms with Crippen molar-refractivity contribution in [3.05, 3.63) is 40.5 Å². The second-order valence-electron chi connectivity index (χ2n) is 5.78. The zero-order valence-electron chi connectivity index (χ0n) is 13.8. The number of halogens is 1. The van der Waals surface area contributed by atoms with Gasteiger partial charge in [-0.2, -0.15) is 0 Å². The highest BCUT2D eigenvalue weighted by atomic mass is 35.5. The molecular formula is C17H21ClN2O4. The van der Waals surface area contributed by atoms with Crippen molar-refractivity contribution in [2.45, 2.75) is 33.2 Å². The summed E-state index contributed by atoms with van der Waals surface area (Å²) in [6.07, 6.45) is 1.75. The van der Waals surface area contributed by atoms with Gasteiger partial charge in [0.25, 0.3) is 5.91 Å². The number of carbonyl (C=O) groups is 3. The first-order chi connectivity index (χ1) is 11.2. The molecule has 0 saturated heterocycles. The molecule has 1 atom stereocenters. The number of nitrogens with one attached hydrogen (secondary N) is 2. The van der Waals surface area contributed by atoms with Gasteiger partial charge in [0.2, 0.25) is 5.91 Å². The molecule has 1 aromatic carbocycles. The van der Waals surface area contributed by atoms with E-state index >= 15 is 0 Å². The van der Waals surface area contributed by atoms with E-state index in [-0.39, 0.29) is 18.0 Å². The van der Waals surface area contributed by atoms with Crippen LogP contribution in [0.2, 0.25) is 5.02 Å². The monoisotopic (exact) mass is 352 g/mol. The zero-order chi connectivity index (χ0) is 18.3. The lowest BCUT2D eigenvalue weighted by molar-refractivity contribution is -0.141. The Morgan fingerprint density at radius 1 is 1.21 bits per heavy atom. The van der Waals surface area contributed by atoms with Gasteiger partial charge in [0, 0.05) is 11.9 Å². The molecule has 3 N–H and O–H groups in total. The summed E-state index contributed by atoms with van der Waals surface area (Å²) >= 11 is 5.81. The van der Waals surface area contributed by atoms with Crippen LogP contribution in [0.5, 0.6) is 0 Å². The van der Waals surface area contributed by atoms with Crippen LogP contribution in [0.25, 0.3) is 6.08 Å². The standard InChI is InChI=1S/C17H21ClN2O4/c1-10(2)8-15(17(23)24)20-16(22)14(19-11(3)21)9-12-4-6-13(18)7-5-12/h4-7,9-10,15H,8H2,1-3H3,(H,19,21)(H,20,22)(H,23,24)/b14-9+/t15-/m0/s1. The fourth-order valence-corrected chi connectivity index (χ4v) is 2.13. The van der Waals surface area contributed by atoms with E-state index in [0.29, 0.717) is 10.6 Å². The smallest absolute Gasteiger partial charge is 0.326 e. The molecule has 0 spiro atoms. The predicted molar refractivity (Wildman–Crippen MR) is 92.3 cm³/mol. The number of benzene rings is 1. The first kappa shape index (κ1) is 19.7. The zero-order valence-corrected chi connectivity index (χ0v) is 14.6. The van der Waals surface area contributed by atoms with Gasteiger partial charge < -0.3 is 15.7 Å². The van der Waals surface area contributed by atoms with E-state index in [1.807, 2.05) is 13.8 Å². The van der Waals surface area contributed by atoms with Crippen LogP contribution in [0, 0.1) is 5.92 Å². The van der Waals surface area contributed by atoms with E-state index in [1.54, 1.807) is 24.3 Å². The van der Waals surface area contributed by atoms with E-state index in [0.717, 1.165) is 0 Å². The van der Waals surface area contributed by atoms with Gasteiger partial charge in [-0.1, -0.05) is 37.6 Å². The molecule has 0 radical (unpaired) electrons. The molecule has 7 heteroatoms. The first-order valence-corrected chi connectivity index (χ1v) is 7.85. The molecule has 0 saturated carbocycles. The average Bonchev–Trinajstić information content (AvgIpc) is 2.47. The van der Waals surface area contributed by atoms with Crippen molar-refractivity contribution >= 4 is 35.5 Å². The maximum atomic E-state index is 12.4. The lowest BCUT2D eigenvalue weighted by Gasteiger charge is -2.17. The summed E-state index contributed by atoms with van der Waals surface area (Å²) in [6.45, 7) is 4.99. The van der Waals surface area contributed by atoms with Gasteiger partial charge in [-0.05, 0) is 36.1 Å². The minimum Gasteiger partial charge on any atom is -0.480 e. The first-order valence-electron chi connectivity index (χ1n) is 7.47. The van der Waals surface area contributed by atoms with Crippen molar-refractivity contribution in [2.75, 3.05) is 0 Å². The Balaban J connectivity index is 3.01. The summed E-state index contributed by atoms with van der Waals surface area (Å²) in [5.41, 5.74) is 0.619. The van der Waals surface area contributed by atoms with Gasteiger partial charge in [-0.15, -0.1) is 0 Å². The molecule has 0 unspecified atom stereocenters. The van der Waals surface area contributed by atoms with Crippen LogP contribution in [0.4, 0.5) is 0 Å². The Bertz CT molecular complexity index is 638. The largest absolute Gasteiger partial charge is 0.480 e. The third kappa shape index (κ3) is 6.83. The topological polar surface area (TPSA) is 95.5 Å². The Hall–Kier alpha value is -2.34. The van der Waals surface area contributed by atoms with Crippen molar-refractivity contribution in [1.82, 2.24) is 10.6 Å². The molecule has 0 aliphatic heterocycles. The minimum atomic E-state index is -1.12. The predicted octanol–water partition coefficient (Wildman–Crippen LogP) is 2.43. The molecule has 24 heavy (non-hydrogen) atoms. The molecule has 6 nitrogen and oxygen atoms in total. The molecule has 1 aromatic rings. The minimum absolute atomic E-state index is 0.0279. The van der Waals surface area contributed by atoms with Crippen LogP contribution in [0.3, 0.4) is 0 Å². The van der Waals surface area contributed by atoms with Crippen molar-refractivity contribution < 1.29 is 19.5 Å². The van der Waals surface area contributed by atoms with Crippen molar-refractivity contribution in [1.29, 1.82) is 0 Å². The van der Waals surface area contributed by atoms with Crippen molar-refractivity contribution in [3.63, 3.8) is 0 Å². The van der Waals surface area contributed by atoms with Crippen molar-refractivity contribution in [2.24, 2.45) is 5.92 Å². The summed E-state index contributed by atoms with van der Waals surface area (Å²) in [7, 11) is 0. The average molecular weight is 353 g/mol. The third-order valence-corrected chi connectivity index (χ3v) is 3.30. The second-order valence-corrected chi connectivity index (χ2v) is 6.22. The van der Waals surface area contributed by atoms with Crippen LogP contribution in [-0.4, -0.2) is 28.9 Å². The Morgan fingerprint density at radius 2 is 1.79 bits per heavy atom. The van der Waals surface area contributed by atoms with E-state index < -0.39 is 23.8 Å². The van der Waals surface area contributed by atoms with Gasteiger partial charge in [0.15, 0.2) is 0 Å². The normalized spacial score (nSPS) is 12.6. The molecule has 0 fully saturated rings. The van der Waals surface area contributed by atoms with Crippen LogP contribution in [-0.2, 0) is 14.4 Å². The highest BCUT2D eigenvalue weighted by Crippen LogP contribution is 2.12. The Labute approximate surface area is 145 Å². The number of rotatable bonds is 7. The Kier molecular flexibility index (Phi) is 7.45. The molecule has 0 aliphatic carbocycles. The van der Waals surface area contributed by atoms with Gasteiger partial charge in [-0.3, -0.25) is 9.59 Å². The summed E-state index contributed by atoms with van der Waals surface area (Å²) in [5.74, 6) is -2.11. The van der Waals surface area contributed by atoms with E-state index in [1.165, 1.54) is 13.0 Å². The van der Waals surface area contributed by atoms with Crippen LogP contribution < -0.4 is 10.6 Å². The van der Waals surface area contributed by atoms with Gasteiger partial charge >= 0.3 is 5.97 Å². The molecule has 130 valence electrons. The number of carbonyl (C=O) groups excluding carboxylic acids is 2. The van der Waals surface area contributed by atoms with Crippen LogP contribution in [0.1, 0.15) is 32.8 Å². The van der Waals surface area contributed by atoms with E-state index in [9.17, 15) is 19.5 Å². The second kappa shape index (κ2) is 9.08. The van der Waals surface area contributed by atoms with Gasteiger partial charge in [0.1, 0.15) is 11.7 Å². The fraction of sp³-hybridized carbons (Fsp3) is 0.353. The summed E-state index contributed by atoms with van der Waals surface area (Å²) in [4.78, 5) is 35.0. The molecule has 0 bridgehead atoms. The maximum Gasteiger partial charge on any atom is 0.326 e. The number of aliphatic carboxylic acids is 1. The van der Waals surface area contributed by atoms with Crippen molar-refractivity contribution in [3.8, 4) is 0 Å². The maximum absolute atomic E-state index is 12.4. The third-order valence-electron chi connectivity index (χ3n) is 3.05. The molecule has 0 aliphatic rings.